The van der Waals surface area contributed by atoms with Gasteiger partial charge in [0.1, 0.15) is 17.3 Å². The molecule has 0 saturated heterocycles. The van der Waals surface area contributed by atoms with Gasteiger partial charge in [-0.05, 0) is 19.1 Å². The molecular formula is C20H25N5O2. The molecule has 142 valence electrons. The van der Waals surface area contributed by atoms with E-state index in [0.29, 0.717) is 13.0 Å². The number of hydrogen-bond donors (Lipinski definition) is 1. The molecule has 3 rings (SSSR count). The zero-order chi connectivity index (χ0) is 19.2. The van der Waals surface area contributed by atoms with E-state index < -0.39 is 0 Å². The fraction of sp³-hybridized carbons (Fsp3) is 0.350. The Bertz CT molecular complexity index is 899. The summed E-state index contributed by atoms with van der Waals surface area (Å²) < 4.78 is 9.16. The van der Waals surface area contributed by atoms with E-state index in [2.05, 4.69) is 22.3 Å². The van der Waals surface area contributed by atoms with E-state index >= 15 is 0 Å². The number of nitrogens with one attached hydrogen (secondary N) is 1. The minimum Gasteiger partial charge on any atom is -0.494 e. The smallest absolute Gasteiger partial charge is 0.222 e. The van der Waals surface area contributed by atoms with Crippen LogP contribution in [0.2, 0.25) is 0 Å². The summed E-state index contributed by atoms with van der Waals surface area (Å²) >= 11 is 0. The Balaban J connectivity index is 1.60. The number of carbonyl (C=O) groups is 1. The maximum Gasteiger partial charge on any atom is 0.222 e. The molecule has 2 heterocycles. The minimum absolute atomic E-state index is 0.00305. The predicted octanol–water partition coefficient (Wildman–Crippen LogP) is 2.91. The van der Waals surface area contributed by atoms with Crippen molar-refractivity contribution < 1.29 is 9.53 Å². The lowest BCUT2D eigenvalue weighted by molar-refractivity contribution is -0.121. The van der Waals surface area contributed by atoms with E-state index in [0.717, 1.165) is 29.2 Å². The van der Waals surface area contributed by atoms with Crippen molar-refractivity contribution in [3.05, 3.63) is 60.4 Å². The molecule has 1 aromatic carbocycles. The fourth-order valence-corrected chi connectivity index (χ4v) is 2.99. The number of methoxy groups -OCH3 is 1. The van der Waals surface area contributed by atoms with Crippen LogP contribution in [0.15, 0.2) is 49.1 Å². The molecule has 0 aliphatic carbocycles. The number of hydrogen-bond acceptors (Lipinski definition) is 4. The maximum absolute atomic E-state index is 12.3. The number of aromatic nitrogens is 4. The van der Waals surface area contributed by atoms with Gasteiger partial charge in [0.15, 0.2) is 0 Å². The lowest BCUT2D eigenvalue weighted by Crippen LogP contribution is -2.27. The van der Waals surface area contributed by atoms with Gasteiger partial charge in [-0.1, -0.05) is 19.1 Å². The Kier molecular flexibility index (Phi) is 5.90. The number of benzene rings is 1. The second-order valence-electron chi connectivity index (χ2n) is 6.32. The summed E-state index contributed by atoms with van der Waals surface area (Å²) in [4.78, 5) is 16.6. The van der Waals surface area contributed by atoms with Crippen LogP contribution in [0.4, 0.5) is 0 Å². The van der Waals surface area contributed by atoms with Crippen LogP contribution < -0.4 is 10.1 Å². The van der Waals surface area contributed by atoms with E-state index in [1.165, 1.54) is 0 Å². The Morgan fingerprint density at radius 2 is 2.15 bits per heavy atom. The van der Waals surface area contributed by atoms with E-state index in [4.69, 9.17) is 4.74 Å². The zero-order valence-electron chi connectivity index (χ0n) is 15.9. The lowest BCUT2D eigenvalue weighted by Gasteiger charge is -2.13. The van der Waals surface area contributed by atoms with Gasteiger partial charge < -0.3 is 14.6 Å². The predicted molar refractivity (Wildman–Crippen MR) is 103 cm³/mol. The topological polar surface area (TPSA) is 74.0 Å². The highest BCUT2D eigenvalue weighted by Gasteiger charge is 2.14. The summed E-state index contributed by atoms with van der Waals surface area (Å²) in [6.07, 6.45) is 8.62. The summed E-state index contributed by atoms with van der Waals surface area (Å²) in [5.41, 5.74) is 1.79. The Morgan fingerprint density at radius 1 is 1.33 bits per heavy atom. The Morgan fingerprint density at radius 3 is 2.93 bits per heavy atom. The molecule has 0 bridgehead atoms. The molecule has 0 fully saturated rings. The van der Waals surface area contributed by atoms with Crippen LogP contribution in [-0.2, 0) is 17.8 Å². The normalized spacial score (nSPS) is 12.0. The van der Waals surface area contributed by atoms with Crippen LogP contribution >= 0.6 is 0 Å². The Labute approximate surface area is 159 Å². The van der Waals surface area contributed by atoms with Gasteiger partial charge in [0.2, 0.25) is 5.91 Å². The molecule has 0 unspecified atom stereocenters. The summed E-state index contributed by atoms with van der Waals surface area (Å²) in [7, 11) is 1.64. The molecule has 7 nitrogen and oxygen atoms in total. The number of amides is 1. The highest BCUT2D eigenvalue weighted by atomic mass is 16.5. The van der Waals surface area contributed by atoms with Crippen molar-refractivity contribution in [1.82, 2.24) is 24.6 Å². The average Bonchev–Trinajstić information content (AvgIpc) is 3.35. The third-order valence-corrected chi connectivity index (χ3v) is 4.51. The molecule has 0 aliphatic rings. The van der Waals surface area contributed by atoms with Crippen molar-refractivity contribution >= 4 is 5.91 Å². The van der Waals surface area contributed by atoms with Gasteiger partial charge in [-0.2, -0.15) is 5.10 Å². The number of rotatable bonds is 8. The molecule has 1 atom stereocenters. The Hall–Kier alpha value is -3.09. The number of ether oxygens (including phenoxy) is 1. The molecule has 1 N–H and O–H groups in total. The van der Waals surface area contributed by atoms with Gasteiger partial charge in [-0.3, -0.25) is 4.79 Å². The van der Waals surface area contributed by atoms with Crippen molar-refractivity contribution in [2.24, 2.45) is 0 Å². The number of nitrogens with zero attached hydrogens (tertiary/aromatic N) is 4. The first kappa shape index (κ1) is 18.7. The molecule has 0 spiro atoms. The van der Waals surface area contributed by atoms with Crippen LogP contribution in [0.3, 0.4) is 0 Å². The van der Waals surface area contributed by atoms with Crippen molar-refractivity contribution in [3.8, 4) is 11.4 Å². The molecular weight excluding hydrogens is 342 g/mol. The molecule has 3 aromatic rings. The van der Waals surface area contributed by atoms with Crippen LogP contribution in [0.1, 0.15) is 37.7 Å². The van der Waals surface area contributed by atoms with Crippen LogP contribution in [-0.4, -0.2) is 32.3 Å². The van der Waals surface area contributed by atoms with Gasteiger partial charge in [0.25, 0.3) is 0 Å². The number of aryl methyl sites for hydroxylation is 2. The fourth-order valence-electron chi connectivity index (χ4n) is 2.99. The van der Waals surface area contributed by atoms with Crippen LogP contribution in [0.25, 0.3) is 5.69 Å². The summed E-state index contributed by atoms with van der Waals surface area (Å²) in [5, 5.41) is 7.44. The molecule has 2 aromatic heterocycles. The van der Waals surface area contributed by atoms with Crippen molar-refractivity contribution in [2.75, 3.05) is 7.11 Å². The van der Waals surface area contributed by atoms with Crippen molar-refractivity contribution in [3.63, 3.8) is 0 Å². The van der Waals surface area contributed by atoms with E-state index in [-0.39, 0.29) is 11.9 Å². The number of imidazole rings is 1. The molecule has 0 radical (unpaired) electrons. The van der Waals surface area contributed by atoms with Gasteiger partial charge in [-0.15, -0.1) is 0 Å². The summed E-state index contributed by atoms with van der Waals surface area (Å²) in [6.45, 7) is 4.64. The second-order valence-corrected chi connectivity index (χ2v) is 6.32. The molecule has 27 heavy (non-hydrogen) atoms. The third-order valence-electron chi connectivity index (χ3n) is 4.51. The number of para-hydroxylation sites is 2. The molecule has 1 amide bonds. The monoisotopic (exact) mass is 367 g/mol. The first-order chi connectivity index (χ1) is 13.1. The van der Waals surface area contributed by atoms with Crippen molar-refractivity contribution in [2.45, 2.75) is 39.3 Å². The van der Waals surface area contributed by atoms with Gasteiger partial charge >= 0.3 is 0 Å². The second kappa shape index (κ2) is 8.53. The quantitative estimate of drug-likeness (QED) is 0.664. The van der Waals surface area contributed by atoms with Crippen LogP contribution in [0, 0.1) is 0 Å². The third kappa shape index (κ3) is 4.36. The molecule has 0 aliphatic heterocycles. The van der Waals surface area contributed by atoms with E-state index in [9.17, 15) is 4.79 Å². The lowest BCUT2D eigenvalue weighted by atomic mass is 10.2. The number of carbonyl (C=O) groups excluding carboxylic acids is 1. The highest BCUT2D eigenvalue weighted by molar-refractivity contribution is 5.76. The highest BCUT2D eigenvalue weighted by Crippen LogP contribution is 2.23. The summed E-state index contributed by atoms with van der Waals surface area (Å²) in [6, 6.07) is 7.55. The van der Waals surface area contributed by atoms with E-state index in [1.807, 2.05) is 48.1 Å². The summed E-state index contributed by atoms with van der Waals surface area (Å²) in [5.74, 6) is 1.74. The molecule has 7 heteroatoms. The first-order valence-electron chi connectivity index (χ1n) is 9.09. The van der Waals surface area contributed by atoms with Gasteiger partial charge in [-0.25, -0.2) is 9.67 Å². The maximum atomic E-state index is 12.3. The standard InChI is InChI=1S/C20H25N5O2/c1-4-19-21-10-12-24(19)11-9-20(26)23-15(2)16-13-22-25(14-16)17-7-5-6-8-18(17)27-3/h5-8,10,12-15H,4,9,11H2,1-3H3,(H,23,26)/t15-/m0/s1. The van der Waals surface area contributed by atoms with Crippen LogP contribution in [0.5, 0.6) is 5.75 Å². The van der Waals surface area contributed by atoms with Crippen molar-refractivity contribution in [1.29, 1.82) is 0 Å². The average molecular weight is 367 g/mol. The van der Waals surface area contributed by atoms with Gasteiger partial charge in [0.05, 0.1) is 19.3 Å². The van der Waals surface area contributed by atoms with Gasteiger partial charge in [0, 0.05) is 43.5 Å². The SMILES string of the molecule is CCc1nccn1CCC(=O)N[C@@H](C)c1cnn(-c2ccccc2OC)c1. The zero-order valence-corrected chi connectivity index (χ0v) is 15.9. The largest absolute Gasteiger partial charge is 0.494 e. The minimum atomic E-state index is -0.130. The first-order valence-corrected chi connectivity index (χ1v) is 9.09. The van der Waals surface area contributed by atoms with E-state index in [1.54, 1.807) is 24.2 Å². The molecule has 0 saturated carbocycles.